The first-order valence-electron chi connectivity index (χ1n) is 9.75. The number of ketones is 1. The van der Waals surface area contributed by atoms with Gasteiger partial charge >= 0.3 is 0 Å². The number of aryl methyl sites for hydroxylation is 2. The molecule has 1 atom stereocenters. The molecular formula is C24H27NO4. The van der Waals surface area contributed by atoms with Crippen LogP contribution in [-0.4, -0.2) is 23.9 Å². The molecule has 0 fully saturated rings. The molecular weight excluding hydrogens is 366 g/mol. The molecule has 3 rings (SSSR count). The highest BCUT2D eigenvalue weighted by Crippen LogP contribution is 2.43. The molecule has 5 heteroatoms. The highest BCUT2D eigenvalue weighted by Gasteiger charge is 2.44. The number of nitrogens with zero attached hydrogens (tertiary/aromatic N) is 1. The maximum Gasteiger partial charge on any atom is 0.294 e. The van der Waals surface area contributed by atoms with Crippen LogP contribution in [-0.2, 0) is 9.59 Å². The number of rotatable bonds is 6. The van der Waals surface area contributed by atoms with E-state index >= 15 is 0 Å². The second-order valence-corrected chi connectivity index (χ2v) is 7.92. The van der Waals surface area contributed by atoms with Crippen molar-refractivity contribution in [2.45, 2.75) is 40.2 Å². The Morgan fingerprint density at radius 2 is 1.79 bits per heavy atom. The quantitative estimate of drug-likeness (QED) is 0.763. The molecule has 1 N–H and O–H groups in total. The fourth-order valence-corrected chi connectivity index (χ4v) is 3.70. The first-order chi connectivity index (χ1) is 13.7. The van der Waals surface area contributed by atoms with Crippen LogP contribution in [0, 0.1) is 19.8 Å². The van der Waals surface area contributed by atoms with E-state index in [1.807, 2.05) is 58.0 Å². The van der Waals surface area contributed by atoms with Crippen LogP contribution >= 0.6 is 0 Å². The van der Waals surface area contributed by atoms with Crippen molar-refractivity contribution in [2.75, 3.05) is 12.0 Å². The lowest BCUT2D eigenvalue weighted by atomic mass is 9.91. The Balaban J connectivity index is 2.18. The van der Waals surface area contributed by atoms with Gasteiger partial charge in [0.2, 0.25) is 0 Å². The lowest BCUT2D eigenvalue weighted by Crippen LogP contribution is -2.31. The monoisotopic (exact) mass is 393 g/mol. The first kappa shape index (κ1) is 20.6. The zero-order chi connectivity index (χ0) is 21.3. The van der Waals surface area contributed by atoms with Gasteiger partial charge in [0.05, 0.1) is 18.7 Å². The summed E-state index contributed by atoms with van der Waals surface area (Å²) in [6, 6.07) is 12.4. The lowest BCUT2D eigenvalue weighted by molar-refractivity contribution is -0.118. The average Bonchev–Trinajstić information content (AvgIpc) is 2.94. The van der Waals surface area contributed by atoms with Crippen molar-refractivity contribution >= 4 is 17.4 Å². The summed E-state index contributed by atoms with van der Waals surface area (Å²) in [6.07, 6.45) is 0.264. The van der Waals surface area contributed by atoms with Crippen molar-refractivity contribution < 1.29 is 19.4 Å². The maximum absolute atomic E-state index is 13.1. The van der Waals surface area contributed by atoms with Crippen LogP contribution in [0.5, 0.6) is 5.75 Å². The molecule has 152 valence electrons. The molecule has 0 spiro atoms. The van der Waals surface area contributed by atoms with Crippen LogP contribution in [0.15, 0.2) is 53.8 Å². The van der Waals surface area contributed by atoms with Crippen LogP contribution in [0.1, 0.15) is 43.0 Å². The molecule has 5 nitrogen and oxygen atoms in total. The minimum Gasteiger partial charge on any atom is -0.503 e. The van der Waals surface area contributed by atoms with E-state index in [0.29, 0.717) is 11.4 Å². The van der Waals surface area contributed by atoms with Gasteiger partial charge in [-0.2, -0.15) is 0 Å². The molecule has 0 saturated carbocycles. The van der Waals surface area contributed by atoms with Gasteiger partial charge in [-0.15, -0.1) is 0 Å². The van der Waals surface area contributed by atoms with Gasteiger partial charge < -0.3 is 9.84 Å². The average molecular weight is 393 g/mol. The summed E-state index contributed by atoms with van der Waals surface area (Å²) < 4.78 is 5.24. The minimum absolute atomic E-state index is 0.115. The molecule has 0 aliphatic carbocycles. The van der Waals surface area contributed by atoms with Gasteiger partial charge in [0.15, 0.2) is 11.5 Å². The SMILES string of the molecule is COc1ccc(C2C(C(=O)CC(C)C)=C(O)C(=O)N2c2cc(C)ccc2C)cc1. The van der Waals surface area contributed by atoms with Gasteiger partial charge in [-0.1, -0.05) is 38.1 Å². The van der Waals surface area contributed by atoms with Crippen molar-refractivity contribution in [3.8, 4) is 5.75 Å². The molecule has 0 aromatic heterocycles. The van der Waals surface area contributed by atoms with Crippen LogP contribution in [0.3, 0.4) is 0 Å². The molecule has 2 aromatic carbocycles. The van der Waals surface area contributed by atoms with E-state index in [-0.39, 0.29) is 23.7 Å². The number of anilines is 1. The maximum atomic E-state index is 13.1. The zero-order valence-corrected chi connectivity index (χ0v) is 17.5. The van der Waals surface area contributed by atoms with Crippen molar-refractivity contribution in [2.24, 2.45) is 5.92 Å². The van der Waals surface area contributed by atoms with Crippen LogP contribution < -0.4 is 9.64 Å². The number of benzene rings is 2. The molecule has 1 unspecified atom stereocenters. The number of hydrogen-bond donors (Lipinski definition) is 1. The Kier molecular flexibility index (Phi) is 5.78. The molecule has 0 bridgehead atoms. The molecule has 29 heavy (non-hydrogen) atoms. The Morgan fingerprint density at radius 3 is 2.38 bits per heavy atom. The van der Waals surface area contributed by atoms with E-state index in [9.17, 15) is 14.7 Å². The first-order valence-corrected chi connectivity index (χ1v) is 9.75. The molecule has 1 heterocycles. The second kappa shape index (κ2) is 8.11. The number of Topliss-reactive ketones (excluding diaryl/α,β-unsaturated/α-hetero) is 1. The van der Waals surface area contributed by atoms with Gasteiger partial charge in [0, 0.05) is 12.1 Å². The normalized spacial score (nSPS) is 16.7. The highest BCUT2D eigenvalue weighted by molar-refractivity contribution is 6.16. The number of ether oxygens (including phenoxy) is 1. The Labute approximate surface area is 171 Å². The Bertz CT molecular complexity index is 973. The number of methoxy groups -OCH3 is 1. The van der Waals surface area contributed by atoms with Gasteiger partial charge in [0.25, 0.3) is 5.91 Å². The summed E-state index contributed by atoms with van der Waals surface area (Å²) in [5.74, 6) is -0.424. The Morgan fingerprint density at radius 1 is 1.14 bits per heavy atom. The van der Waals surface area contributed by atoms with Crippen molar-refractivity contribution in [1.29, 1.82) is 0 Å². The fourth-order valence-electron chi connectivity index (χ4n) is 3.70. The third-order valence-electron chi connectivity index (χ3n) is 5.16. The van der Waals surface area contributed by atoms with E-state index in [1.54, 1.807) is 19.2 Å². The summed E-state index contributed by atoms with van der Waals surface area (Å²) in [5.41, 5.74) is 3.49. The standard InChI is InChI=1S/C24H27NO4/c1-14(2)12-20(26)21-22(17-8-10-18(29-5)11-9-17)25(24(28)23(21)27)19-13-15(3)6-7-16(19)4/h6-11,13-14,22,27H,12H2,1-5H3. The summed E-state index contributed by atoms with van der Waals surface area (Å²) in [6.45, 7) is 7.75. The molecule has 0 saturated heterocycles. The number of hydrogen-bond acceptors (Lipinski definition) is 4. The predicted octanol–water partition coefficient (Wildman–Crippen LogP) is 4.83. The predicted molar refractivity (Wildman–Crippen MR) is 113 cm³/mol. The molecule has 2 aromatic rings. The number of aliphatic hydroxyl groups is 1. The second-order valence-electron chi connectivity index (χ2n) is 7.92. The van der Waals surface area contributed by atoms with Gasteiger partial charge in [-0.05, 0) is 54.7 Å². The summed E-state index contributed by atoms with van der Waals surface area (Å²) >= 11 is 0. The zero-order valence-electron chi connectivity index (χ0n) is 17.5. The third kappa shape index (κ3) is 3.90. The fraction of sp³-hybridized carbons (Fsp3) is 0.333. The number of amides is 1. The number of carbonyl (C=O) groups is 2. The van der Waals surface area contributed by atoms with Crippen LogP contribution in [0.2, 0.25) is 0 Å². The largest absolute Gasteiger partial charge is 0.503 e. The van der Waals surface area contributed by atoms with Crippen LogP contribution in [0.25, 0.3) is 0 Å². The molecule has 1 amide bonds. The van der Waals surface area contributed by atoms with E-state index in [0.717, 1.165) is 16.7 Å². The van der Waals surface area contributed by atoms with Crippen LogP contribution in [0.4, 0.5) is 5.69 Å². The molecule has 1 aliphatic heterocycles. The minimum atomic E-state index is -0.680. The lowest BCUT2D eigenvalue weighted by Gasteiger charge is -2.28. The highest BCUT2D eigenvalue weighted by atomic mass is 16.5. The molecule has 0 radical (unpaired) electrons. The van der Waals surface area contributed by atoms with Gasteiger partial charge in [-0.3, -0.25) is 14.5 Å². The van der Waals surface area contributed by atoms with Gasteiger partial charge in [-0.25, -0.2) is 0 Å². The van der Waals surface area contributed by atoms with E-state index in [1.165, 1.54) is 4.90 Å². The third-order valence-corrected chi connectivity index (χ3v) is 5.16. The summed E-state index contributed by atoms with van der Waals surface area (Å²) in [5, 5.41) is 10.7. The van der Waals surface area contributed by atoms with Crippen molar-refractivity contribution in [1.82, 2.24) is 0 Å². The molecule has 1 aliphatic rings. The number of aliphatic hydroxyl groups excluding tert-OH is 1. The summed E-state index contributed by atoms with van der Waals surface area (Å²) in [4.78, 5) is 27.7. The van der Waals surface area contributed by atoms with Gasteiger partial charge in [0.1, 0.15) is 5.75 Å². The Hall–Kier alpha value is -3.08. The van der Waals surface area contributed by atoms with E-state index < -0.39 is 17.7 Å². The van der Waals surface area contributed by atoms with Crippen molar-refractivity contribution in [3.05, 3.63) is 70.5 Å². The van der Waals surface area contributed by atoms with E-state index in [2.05, 4.69) is 0 Å². The number of carbonyl (C=O) groups excluding carboxylic acids is 2. The summed E-state index contributed by atoms with van der Waals surface area (Å²) in [7, 11) is 1.58. The van der Waals surface area contributed by atoms with Crippen molar-refractivity contribution in [3.63, 3.8) is 0 Å². The topological polar surface area (TPSA) is 66.8 Å². The smallest absolute Gasteiger partial charge is 0.294 e. The van der Waals surface area contributed by atoms with E-state index in [4.69, 9.17) is 4.74 Å².